The number of fused-ring (bicyclic) bond motifs is 1. The summed E-state index contributed by atoms with van der Waals surface area (Å²) < 4.78 is 5.00. The molecule has 0 aliphatic heterocycles. The van der Waals surface area contributed by atoms with Gasteiger partial charge in [0.2, 0.25) is 0 Å². The summed E-state index contributed by atoms with van der Waals surface area (Å²) in [6, 6.07) is 11.7. The maximum Gasteiger partial charge on any atom is 0.338 e. The molecule has 1 amide bonds. The Labute approximate surface area is 136 Å². The molecule has 0 aliphatic rings. The van der Waals surface area contributed by atoms with Gasteiger partial charge in [-0.3, -0.25) is 4.79 Å². The lowest BCUT2D eigenvalue weighted by atomic mass is 10.2. The predicted molar refractivity (Wildman–Crippen MR) is 86.5 cm³/mol. The van der Waals surface area contributed by atoms with Gasteiger partial charge < -0.3 is 15.0 Å². The number of nitrogens with zero attached hydrogens (tertiary/aromatic N) is 1. The first-order chi connectivity index (χ1) is 11.1. The van der Waals surface area contributed by atoms with E-state index >= 15 is 0 Å². The number of ether oxygens (including phenoxy) is 1. The second-order valence-electron chi connectivity index (χ2n) is 4.74. The van der Waals surface area contributed by atoms with E-state index in [9.17, 15) is 9.59 Å². The number of benzene rings is 2. The third-order valence-corrected chi connectivity index (χ3v) is 3.47. The third-order valence-electron chi connectivity index (χ3n) is 3.14. The van der Waals surface area contributed by atoms with E-state index in [1.54, 1.807) is 42.5 Å². The highest BCUT2D eigenvalue weighted by atomic mass is 35.5. The molecule has 116 valence electrons. The van der Waals surface area contributed by atoms with Crippen LogP contribution < -0.4 is 5.32 Å². The molecule has 2 aromatic carbocycles. The monoisotopic (exact) mass is 329 g/mol. The Morgan fingerprint density at radius 3 is 2.87 bits per heavy atom. The number of hydrogen-bond acceptors (Lipinski definition) is 4. The number of imidazole rings is 1. The van der Waals surface area contributed by atoms with Crippen LogP contribution in [0.25, 0.3) is 11.0 Å². The Bertz CT molecular complexity index is 876. The van der Waals surface area contributed by atoms with Crippen LogP contribution in [0.4, 0.5) is 5.69 Å². The van der Waals surface area contributed by atoms with E-state index in [1.165, 1.54) is 6.33 Å². The molecule has 0 fully saturated rings. The Morgan fingerprint density at radius 1 is 1.22 bits per heavy atom. The number of para-hydroxylation sites is 1. The van der Waals surface area contributed by atoms with Gasteiger partial charge in [0.05, 0.1) is 33.6 Å². The highest BCUT2D eigenvalue weighted by Crippen LogP contribution is 2.20. The van der Waals surface area contributed by atoms with E-state index in [1.807, 2.05) is 0 Å². The van der Waals surface area contributed by atoms with E-state index in [4.69, 9.17) is 16.3 Å². The van der Waals surface area contributed by atoms with Crippen molar-refractivity contribution < 1.29 is 14.3 Å². The number of carbonyl (C=O) groups excluding carboxylic acids is 2. The van der Waals surface area contributed by atoms with E-state index in [0.717, 1.165) is 11.0 Å². The number of halogens is 1. The summed E-state index contributed by atoms with van der Waals surface area (Å²) in [6.07, 6.45) is 1.54. The number of esters is 1. The second-order valence-corrected chi connectivity index (χ2v) is 5.15. The summed E-state index contributed by atoms with van der Waals surface area (Å²) >= 11 is 5.94. The first-order valence-electron chi connectivity index (χ1n) is 6.78. The van der Waals surface area contributed by atoms with Crippen LogP contribution in [0.1, 0.15) is 10.4 Å². The molecule has 1 heterocycles. The van der Waals surface area contributed by atoms with Crippen LogP contribution in [-0.4, -0.2) is 28.5 Å². The highest BCUT2D eigenvalue weighted by Gasteiger charge is 2.12. The maximum atomic E-state index is 12.0. The molecule has 1 aromatic heterocycles. The van der Waals surface area contributed by atoms with E-state index in [-0.39, 0.29) is 0 Å². The van der Waals surface area contributed by atoms with Crippen molar-refractivity contribution in [3.63, 3.8) is 0 Å². The number of H-pyrrole nitrogens is 1. The summed E-state index contributed by atoms with van der Waals surface area (Å²) in [7, 11) is 0. The number of aromatic amines is 1. The molecule has 3 aromatic rings. The smallest absolute Gasteiger partial charge is 0.338 e. The minimum absolute atomic E-state index is 0.340. The molecule has 0 atom stereocenters. The van der Waals surface area contributed by atoms with Crippen molar-refractivity contribution in [2.45, 2.75) is 0 Å². The fourth-order valence-electron chi connectivity index (χ4n) is 2.03. The zero-order valence-corrected chi connectivity index (χ0v) is 12.6. The van der Waals surface area contributed by atoms with Gasteiger partial charge in [-0.25, -0.2) is 9.78 Å². The first kappa shape index (κ1) is 15.1. The molecule has 0 aliphatic carbocycles. The number of amides is 1. The largest absolute Gasteiger partial charge is 0.452 e. The van der Waals surface area contributed by atoms with Crippen molar-refractivity contribution in [3.8, 4) is 0 Å². The Hall–Kier alpha value is -2.86. The van der Waals surface area contributed by atoms with Crippen LogP contribution in [0.5, 0.6) is 0 Å². The zero-order valence-electron chi connectivity index (χ0n) is 11.9. The van der Waals surface area contributed by atoms with Crippen molar-refractivity contribution in [1.82, 2.24) is 9.97 Å². The molecule has 3 rings (SSSR count). The van der Waals surface area contributed by atoms with Crippen LogP contribution in [0.2, 0.25) is 5.02 Å². The molecular weight excluding hydrogens is 318 g/mol. The van der Waals surface area contributed by atoms with Crippen molar-refractivity contribution in [3.05, 3.63) is 59.4 Å². The van der Waals surface area contributed by atoms with Crippen molar-refractivity contribution >= 4 is 40.2 Å². The SMILES string of the molecule is O=C(COC(=O)c1ccc2nc[nH]c2c1)Nc1ccccc1Cl. The summed E-state index contributed by atoms with van der Waals surface area (Å²) in [5.41, 5.74) is 2.28. The molecule has 2 N–H and O–H groups in total. The van der Waals surface area contributed by atoms with Gasteiger partial charge in [0.1, 0.15) is 0 Å². The topological polar surface area (TPSA) is 84.1 Å². The summed E-state index contributed by atoms with van der Waals surface area (Å²) in [6.45, 7) is -0.398. The molecule has 0 saturated heterocycles. The van der Waals surface area contributed by atoms with E-state index in [2.05, 4.69) is 15.3 Å². The van der Waals surface area contributed by atoms with Gasteiger partial charge in [0.15, 0.2) is 6.61 Å². The molecular formula is C16H12ClN3O3. The number of nitrogens with one attached hydrogen (secondary N) is 2. The molecule has 0 saturated carbocycles. The zero-order chi connectivity index (χ0) is 16.2. The Balaban J connectivity index is 1.60. The quantitative estimate of drug-likeness (QED) is 0.721. The minimum atomic E-state index is -0.587. The van der Waals surface area contributed by atoms with E-state index < -0.39 is 18.5 Å². The van der Waals surface area contributed by atoms with Crippen LogP contribution in [0.3, 0.4) is 0 Å². The second kappa shape index (κ2) is 6.50. The van der Waals surface area contributed by atoms with Gasteiger partial charge >= 0.3 is 5.97 Å². The van der Waals surface area contributed by atoms with Crippen molar-refractivity contribution in [1.29, 1.82) is 0 Å². The van der Waals surface area contributed by atoms with Gasteiger partial charge in [0, 0.05) is 0 Å². The molecule has 23 heavy (non-hydrogen) atoms. The molecule has 7 heteroatoms. The maximum absolute atomic E-state index is 12.0. The summed E-state index contributed by atoms with van der Waals surface area (Å²) in [4.78, 5) is 30.7. The number of aromatic nitrogens is 2. The van der Waals surface area contributed by atoms with Crippen LogP contribution in [0.15, 0.2) is 48.8 Å². The standard InChI is InChI=1S/C16H12ClN3O3/c17-11-3-1-2-4-12(11)20-15(21)8-23-16(22)10-5-6-13-14(7-10)19-9-18-13/h1-7,9H,8H2,(H,18,19)(H,20,21). The number of anilines is 1. The number of carbonyl (C=O) groups is 2. The first-order valence-corrected chi connectivity index (χ1v) is 7.16. The van der Waals surface area contributed by atoms with Gasteiger partial charge in [-0.05, 0) is 30.3 Å². The van der Waals surface area contributed by atoms with Crippen molar-refractivity contribution in [2.75, 3.05) is 11.9 Å². The Kier molecular flexibility index (Phi) is 4.25. The predicted octanol–water partition coefficient (Wildman–Crippen LogP) is 3.01. The van der Waals surface area contributed by atoms with Crippen LogP contribution in [-0.2, 0) is 9.53 Å². The van der Waals surface area contributed by atoms with Crippen LogP contribution in [0, 0.1) is 0 Å². The molecule has 0 radical (unpaired) electrons. The molecule has 6 nitrogen and oxygen atoms in total. The number of rotatable bonds is 4. The average molecular weight is 330 g/mol. The molecule has 0 bridgehead atoms. The van der Waals surface area contributed by atoms with Gasteiger partial charge in [-0.1, -0.05) is 23.7 Å². The lowest BCUT2D eigenvalue weighted by Crippen LogP contribution is -2.21. The van der Waals surface area contributed by atoms with Gasteiger partial charge in [0.25, 0.3) is 5.91 Å². The summed E-state index contributed by atoms with van der Waals surface area (Å²) in [5.74, 6) is -1.05. The lowest BCUT2D eigenvalue weighted by molar-refractivity contribution is -0.119. The van der Waals surface area contributed by atoms with Gasteiger partial charge in [-0.15, -0.1) is 0 Å². The fraction of sp³-hybridized carbons (Fsp3) is 0.0625. The molecule has 0 unspecified atom stereocenters. The Morgan fingerprint density at radius 2 is 2.04 bits per heavy atom. The lowest BCUT2D eigenvalue weighted by Gasteiger charge is -2.08. The minimum Gasteiger partial charge on any atom is -0.452 e. The average Bonchev–Trinajstić information content (AvgIpc) is 3.02. The molecule has 0 spiro atoms. The number of hydrogen-bond donors (Lipinski definition) is 2. The summed E-state index contributed by atoms with van der Waals surface area (Å²) in [5, 5.41) is 2.99. The normalized spacial score (nSPS) is 10.5. The fourth-order valence-corrected chi connectivity index (χ4v) is 2.21. The van der Waals surface area contributed by atoms with E-state index in [0.29, 0.717) is 16.3 Å². The van der Waals surface area contributed by atoms with Gasteiger partial charge in [-0.2, -0.15) is 0 Å². The van der Waals surface area contributed by atoms with Crippen molar-refractivity contribution in [2.24, 2.45) is 0 Å². The highest BCUT2D eigenvalue weighted by molar-refractivity contribution is 6.33. The third kappa shape index (κ3) is 3.49. The van der Waals surface area contributed by atoms with Crippen LogP contribution >= 0.6 is 11.6 Å².